The van der Waals surface area contributed by atoms with Gasteiger partial charge in [-0.05, 0) is 24.3 Å². The molecule has 0 amide bonds. The molecule has 0 saturated heterocycles. The van der Waals surface area contributed by atoms with Gasteiger partial charge in [0.05, 0.1) is 16.3 Å². The van der Waals surface area contributed by atoms with Gasteiger partial charge in [-0.15, -0.1) is 0 Å². The van der Waals surface area contributed by atoms with Crippen LogP contribution in [0, 0.1) is 11.6 Å². The molecular formula is C14H10F2N4O2S. The molecule has 9 heteroatoms. The highest BCUT2D eigenvalue weighted by atomic mass is 32.2. The Kier molecular flexibility index (Phi) is 3.78. The summed E-state index contributed by atoms with van der Waals surface area (Å²) in [6.07, 6.45) is 2.70. The van der Waals surface area contributed by atoms with Gasteiger partial charge in [-0.25, -0.2) is 26.9 Å². The lowest BCUT2D eigenvalue weighted by atomic mass is 10.3. The molecule has 2 aromatic carbocycles. The van der Waals surface area contributed by atoms with Gasteiger partial charge < -0.3 is 0 Å². The van der Waals surface area contributed by atoms with Crippen molar-refractivity contribution in [2.45, 2.75) is 4.90 Å². The number of hydrogen-bond donors (Lipinski definition) is 1. The van der Waals surface area contributed by atoms with Gasteiger partial charge in [-0.1, -0.05) is 12.1 Å². The molecule has 6 nitrogen and oxygen atoms in total. The maximum Gasteiger partial charge on any atom is 0.262 e. The molecule has 0 aliphatic heterocycles. The Bertz CT molecular complexity index is 923. The van der Waals surface area contributed by atoms with Crippen molar-refractivity contribution in [3.63, 3.8) is 0 Å². The first-order valence-corrected chi connectivity index (χ1v) is 7.87. The van der Waals surface area contributed by atoms with Crippen LogP contribution in [0.3, 0.4) is 0 Å². The molecule has 0 unspecified atom stereocenters. The summed E-state index contributed by atoms with van der Waals surface area (Å²) in [7, 11) is -4.16. The number of hydrogen-bond acceptors (Lipinski definition) is 4. The summed E-state index contributed by atoms with van der Waals surface area (Å²) in [5, 5.41) is 3.93. The Morgan fingerprint density at radius 1 is 1.04 bits per heavy atom. The molecule has 1 heterocycles. The number of benzene rings is 2. The van der Waals surface area contributed by atoms with Gasteiger partial charge in [0.2, 0.25) is 0 Å². The van der Waals surface area contributed by atoms with E-state index in [9.17, 15) is 17.2 Å². The van der Waals surface area contributed by atoms with Gasteiger partial charge >= 0.3 is 0 Å². The largest absolute Gasteiger partial charge is 0.277 e. The van der Waals surface area contributed by atoms with E-state index in [1.165, 1.54) is 23.4 Å². The smallest absolute Gasteiger partial charge is 0.262 e. The van der Waals surface area contributed by atoms with Gasteiger partial charge in [0, 0.05) is 6.07 Å². The van der Waals surface area contributed by atoms with E-state index >= 15 is 0 Å². The van der Waals surface area contributed by atoms with Crippen molar-refractivity contribution >= 4 is 15.7 Å². The molecule has 0 spiro atoms. The molecule has 23 heavy (non-hydrogen) atoms. The highest BCUT2D eigenvalue weighted by Gasteiger charge is 2.18. The summed E-state index contributed by atoms with van der Waals surface area (Å²) < 4.78 is 54.8. The van der Waals surface area contributed by atoms with Crippen LogP contribution in [0.2, 0.25) is 0 Å². The van der Waals surface area contributed by atoms with Gasteiger partial charge in [0.15, 0.2) is 0 Å². The SMILES string of the molecule is O=S(=O)(Nc1ccccc1-n1cncn1)c1cc(F)cc(F)c1. The number of anilines is 1. The van der Waals surface area contributed by atoms with Crippen molar-refractivity contribution in [3.8, 4) is 5.69 Å². The number of nitrogens with one attached hydrogen (secondary N) is 1. The van der Waals surface area contributed by atoms with Crippen molar-refractivity contribution in [2.75, 3.05) is 4.72 Å². The fourth-order valence-electron chi connectivity index (χ4n) is 1.98. The Balaban J connectivity index is 2.02. The molecule has 0 atom stereocenters. The van der Waals surface area contributed by atoms with Crippen LogP contribution in [0.15, 0.2) is 60.0 Å². The Hall–Kier alpha value is -2.81. The maximum absolute atomic E-state index is 13.2. The quantitative estimate of drug-likeness (QED) is 0.793. The van der Waals surface area contributed by atoms with Crippen molar-refractivity contribution in [1.29, 1.82) is 0 Å². The van der Waals surface area contributed by atoms with E-state index in [1.807, 2.05) is 0 Å². The number of halogens is 2. The van der Waals surface area contributed by atoms with E-state index in [1.54, 1.807) is 18.2 Å². The van der Waals surface area contributed by atoms with E-state index in [-0.39, 0.29) is 5.69 Å². The fraction of sp³-hybridized carbons (Fsp3) is 0. The zero-order chi connectivity index (χ0) is 16.4. The normalized spacial score (nSPS) is 11.4. The van der Waals surface area contributed by atoms with E-state index in [4.69, 9.17) is 0 Å². The second-order valence-corrected chi connectivity index (χ2v) is 6.25. The molecule has 3 aromatic rings. The first-order chi connectivity index (χ1) is 11.0. The summed E-state index contributed by atoms with van der Waals surface area (Å²) in [6, 6.07) is 8.51. The molecule has 1 aromatic heterocycles. The lowest BCUT2D eigenvalue weighted by Gasteiger charge is -2.12. The van der Waals surface area contributed by atoms with Crippen molar-refractivity contribution < 1.29 is 17.2 Å². The number of aromatic nitrogens is 3. The number of para-hydroxylation sites is 2. The van der Waals surface area contributed by atoms with Crippen LogP contribution < -0.4 is 4.72 Å². The molecule has 3 rings (SSSR count). The molecule has 0 radical (unpaired) electrons. The van der Waals surface area contributed by atoms with Gasteiger partial charge in [-0.2, -0.15) is 5.10 Å². The summed E-state index contributed by atoms with van der Waals surface area (Å²) in [4.78, 5) is 3.28. The van der Waals surface area contributed by atoms with Crippen LogP contribution in [0.4, 0.5) is 14.5 Å². The first-order valence-electron chi connectivity index (χ1n) is 6.39. The van der Waals surface area contributed by atoms with Crippen molar-refractivity contribution in [1.82, 2.24) is 14.8 Å². The van der Waals surface area contributed by atoms with Gasteiger partial charge in [0.1, 0.15) is 24.3 Å². The second kappa shape index (κ2) is 5.76. The minimum atomic E-state index is -4.16. The molecule has 118 valence electrons. The third kappa shape index (κ3) is 3.19. The predicted molar refractivity (Wildman–Crippen MR) is 78.5 cm³/mol. The van der Waals surface area contributed by atoms with Crippen LogP contribution in [-0.4, -0.2) is 23.2 Å². The molecule has 0 bridgehead atoms. The highest BCUT2D eigenvalue weighted by molar-refractivity contribution is 7.92. The molecule has 0 saturated carbocycles. The van der Waals surface area contributed by atoms with Crippen LogP contribution in [0.5, 0.6) is 0 Å². The number of sulfonamides is 1. The number of nitrogens with zero attached hydrogens (tertiary/aromatic N) is 3. The Morgan fingerprint density at radius 2 is 1.74 bits per heavy atom. The summed E-state index contributed by atoms with van der Waals surface area (Å²) in [5.74, 6) is -1.95. The minimum Gasteiger partial charge on any atom is -0.277 e. The van der Waals surface area contributed by atoms with Crippen LogP contribution in [-0.2, 0) is 10.0 Å². The lowest BCUT2D eigenvalue weighted by Crippen LogP contribution is -2.15. The van der Waals surface area contributed by atoms with Crippen LogP contribution in [0.25, 0.3) is 5.69 Å². The fourth-order valence-corrected chi connectivity index (χ4v) is 3.10. The Morgan fingerprint density at radius 3 is 2.39 bits per heavy atom. The summed E-state index contributed by atoms with van der Waals surface area (Å²) in [6.45, 7) is 0. The average Bonchev–Trinajstić information content (AvgIpc) is 3.00. The third-order valence-corrected chi connectivity index (χ3v) is 4.31. The summed E-state index contributed by atoms with van der Waals surface area (Å²) in [5.41, 5.74) is 0.619. The van der Waals surface area contributed by atoms with Crippen molar-refractivity contribution in [3.05, 3.63) is 66.8 Å². The van der Waals surface area contributed by atoms with E-state index < -0.39 is 26.6 Å². The van der Waals surface area contributed by atoms with Crippen LogP contribution >= 0.6 is 0 Å². The molecule has 0 fully saturated rings. The molecule has 0 aliphatic rings. The molecule has 1 N–H and O–H groups in total. The van der Waals surface area contributed by atoms with Gasteiger partial charge in [-0.3, -0.25) is 4.72 Å². The zero-order valence-electron chi connectivity index (χ0n) is 11.5. The summed E-state index contributed by atoms with van der Waals surface area (Å²) >= 11 is 0. The minimum absolute atomic E-state index is 0.197. The van der Waals surface area contributed by atoms with E-state index in [2.05, 4.69) is 14.8 Å². The molecule has 0 aliphatic carbocycles. The second-order valence-electron chi connectivity index (χ2n) is 4.57. The van der Waals surface area contributed by atoms with E-state index in [0.717, 1.165) is 12.1 Å². The maximum atomic E-state index is 13.2. The lowest BCUT2D eigenvalue weighted by molar-refractivity contribution is 0.568. The zero-order valence-corrected chi connectivity index (χ0v) is 12.3. The monoisotopic (exact) mass is 336 g/mol. The Labute approximate surface area is 130 Å². The standard InChI is InChI=1S/C14H10F2N4O2S/c15-10-5-11(16)7-12(6-10)23(21,22)19-13-3-1-2-4-14(13)20-9-17-8-18-20/h1-9,19H. The molecular weight excluding hydrogens is 326 g/mol. The number of rotatable bonds is 4. The van der Waals surface area contributed by atoms with E-state index in [0.29, 0.717) is 11.8 Å². The third-order valence-electron chi connectivity index (χ3n) is 2.96. The van der Waals surface area contributed by atoms with Crippen LogP contribution in [0.1, 0.15) is 0 Å². The topological polar surface area (TPSA) is 76.9 Å². The first kappa shape index (κ1) is 15.1. The predicted octanol–water partition coefficient (Wildman–Crippen LogP) is 2.35. The highest BCUT2D eigenvalue weighted by Crippen LogP contribution is 2.23. The van der Waals surface area contributed by atoms with Crippen molar-refractivity contribution in [2.24, 2.45) is 0 Å². The average molecular weight is 336 g/mol. The van der Waals surface area contributed by atoms with Gasteiger partial charge in [0.25, 0.3) is 10.0 Å².